The van der Waals surface area contributed by atoms with Crippen LogP contribution in [0, 0.1) is 5.82 Å². The summed E-state index contributed by atoms with van der Waals surface area (Å²) in [6.07, 6.45) is 3.41. The van der Waals surface area contributed by atoms with Crippen LogP contribution >= 0.6 is 11.3 Å². The quantitative estimate of drug-likeness (QED) is 0.567. The second-order valence-corrected chi connectivity index (χ2v) is 10.6. The number of fused-ring (bicyclic) bond motifs is 1. The Balaban J connectivity index is 1.47. The first-order chi connectivity index (χ1) is 15.3. The molecule has 0 saturated carbocycles. The Kier molecular flexibility index (Phi) is 6.73. The zero-order chi connectivity index (χ0) is 22.7. The van der Waals surface area contributed by atoms with Gasteiger partial charge in [0.15, 0.2) is 0 Å². The number of nitrogens with zero attached hydrogens (tertiary/aromatic N) is 2. The van der Waals surface area contributed by atoms with Crippen molar-refractivity contribution < 1.29 is 17.6 Å². The number of piperidine rings is 1. The van der Waals surface area contributed by atoms with Gasteiger partial charge < -0.3 is 4.90 Å². The van der Waals surface area contributed by atoms with Gasteiger partial charge in [-0.1, -0.05) is 23.5 Å². The monoisotopic (exact) mass is 477 g/mol. The Morgan fingerprint density at radius 1 is 1.06 bits per heavy atom. The fourth-order valence-corrected chi connectivity index (χ4v) is 5.87. The number of aryl methyl sites for hydroxylation is 1. The van der Waals surface area contributed by atoms with Crippen LogP contribution in [0.5, 0.6) is 0 Å². The minimum atomic E-state index is -3.81. The molecule has 10 heteroatoms. The Bertz CT molecular complexity index is 1280. The van der Waals surface area contributed by atoms with E-state index in [1.165, 1.54) is 41.0 Å². The van der Waals surface area contributed by atoms with Crippen LogP contribution in [-0.4, -0.2) is 36.9 Å². The fraction of sp³-hybridized carbons (Fsp3) is 0.364. The second kappa shape index (κ2) is 9.51. The van der Waals surface area contributed by atoms with Crippen LogP contribution in [0.3, 0.4) is 0 Å². The average molecular weight is 478 g/mol. The number of rotatable bonds is 7. The number of hydrogen-bond acceptors (Lipinski definition) is 5. The summed E-state index contributed by atoms with van der Waals surface area (Å²) in [5, 5.41) is 0. The first-order valence-electron chi connectivity index (χ1n) is 10.5. The molecule has 1 amide bonds. The van der Waals surface area contributed by atoms with Crippen molar-refractivity contribution in [3.05, 3.63) is 63.5 Å². The number of thiazole rings is 1. The highest BCUT2D eigenvalue weighted by Gasteiger charge is 2.19. The molecule has 32 heavy (non-hydrogen) atoms. The van der Waals surface area contributed by atoms with E-state index in [2.05, 4.69) is 4.72 Å². The third-order valence-corrected chi connectivity index (χ3v) is 7.93. The predicted molar refractivity (Wildman–Crippen MR) is 122 cm³/mol. The molecule has 1 aliphatic heterocycles. The molecule has 2 heterocycles. The average Bonchev–Trinajstić information content (AvgIpc) is 3.11. The maximum Gasteiger partial charge on any atom is 0.308 e. The van der Waals surface area contributed by atoms with Gasteiger partial charge in [-0.2, -0.15) is 0 Å². The Hall–Kier alpha value is -2.56. The molecule has 1 aromatic heterocycles. The summed E-state index contributed by atoms with van der Waals surface area (Å²) in [6.45, 7) is 1.83. The third-order valence-electron chi connectivity index (χ3n) is 5.59. The van der Waals surface area contributed by atoms with E-state index in [9.17, 15) is 22.4 Å². The molecule has 0 unspecified atom stereocenters. The van der Waals surface area contributed by atoms with Crippen LogP contribution in [0.2, 0.25) is 0 Å². The van der Waals surface area contributed by atoms with Gasteiger partial charge >= 0.3 is 4.87 Å². The molecule has 1 aliphatic rings. The zero-order valence-corrected chi connectivity index (χ0v) is 19.1. The van der Waals surface area contributed by atoms with Crippen molar-refractivity contribution in [3.63, 3.8) is 0 Å². The molecule has 4 rings (SSSR count). The number of carbonyl (C=O) groups is 1. The molecule has 0 atom stereocenters. The normalized spacial score (nSPS) is 14.7. The van der Waals surface area contributed by atoms with E-state index in [4.69, 9.17) is 0 Å². The van der Waals surface area contributed by atoms with Gasteiger partial charge in [0.05, 0.1) is 15.1 Å². The fourth-order valence-electron chi connectivity index (χ4n) is 3.80. The molecule has 0 bridgehead atoms. The van der Waals surface area contributed by atoms with Crippen molar-refractivity contribution in [1.29, 1.82) is 0 Å². The number of hydrogen-bond donors (Lipinski definition) is 1. The second-order valence-electron chi connectivity index (χ2n) is 7.79. The highest BCUT2D eigenvalue weighted by atomic mass is 32.2. The summed E-state index contributed by atoms with van der Waals surface area (Å²) in [4.78, 5) is 26.6. The van der Waals surface area contributed by atoms with Gasteiger partial charge in [-0.05, 0) is 55.2 Å². The predicted octanol–water partition coefficient (Wildman–Crippen LogP) is 3.08. The van der Waals surface area contributed by atoms with Crippen molar-refractivity contribution in [2.24, 2.45) is 0 Å². The van der Waals surface area contributed by atoms with Crippen LogP contribution in [-0.2, 0) is 27.9 Å². The van der Waals surface area contributed by atoms with Crippen LogP contribution in [0.1, 0.15) is 31.2 Å². The number of halogens is 1. The van der Waals surface area contributed by atoms with E-state index in [0.29, 0.717) is 15.8 Å². The van der Waals surface area contributed by atoms with Crippen molar-refractivity contribution in [2.45, 2.75) is 43.7 Å². The molecular weight excluding hydrogens is 453 g/mol. The smallest absolute Gasteiger partial charge is 0.308 e. The number of amides is 1. The molecular formula is C22H24FN3O4S2. The minimum absolute atomic E-state index is 0.0243. The molecule has 7 nitrogen and oxygen atoms in total. The van der Waals surface area contributed by atoms with E-state index in [-0.39, 0.29) is 41.0 Å². The summed E-state index contributed by atoms with van der Waals surface area (Å²) in [5.74, 6) is -0.348. The summed E-state index contributed by atoms with van der Waals surface area (Å²) >= 11 is 0.961. The summed E-state index contributed by atoms with van der Waals surface area (Å²) in [7, 11) is -3.81. The lowest BCUT2D eigenvalue weighted by Crippen LogP contribution is -2.36. The number of sulfonamides is 1. The number of nitrogens with one attached hydrogen (secondary N) is 1. The number of carbonyl (C=O) groups excluding carboxylic acids is 1. The summed E-state index contributed by atoms with van der Waals surface area (Å²) < 4.78 is 43.0. The first-order valence-corrected chi connectivity index (χ1v) is 12.8. The largest absolute Gasteiger partial charge is 0.343 e. The Labute approximate surface area is 189 Å². The SMILES string of the molecule is O=C(CCn1c(=O)sc2cc(S(=O)(=O)NCc3ccc(F)cc3)ccc21)N1CCCCC1. The Morgan fingerprint density at radius 2 is 1.78 bits per heavy atom. The highest BCUT2D eigenvalue weighted by molar-refractivity contribution is 7.89. The lowest BCUT2D eigenvalue weighted by atomic mass is 10.1. The maximum atomic E-state index is 13.0. The summed E-state index contributed by atoms with van der Waals surface area (Å²) in [6, 6.07) is 10.1. The van der Waals surface area contributed by atoms with E-state index >= 15 is 0 Å². The van der Waals surface area contributed by atoms with E-state index in [1.54, 1.807) is 6.07 Å². The molecule has 0 spiro atoms. The van der Waals surface area contributed by atoms with Gasteiger partial charge in [0.2, 0.25) is 15.9 Å². The molecule has 170 valence electrons. The van der Waals surface area contributed by atoms with Gasteiger partial charge in [0.1, 0.15) is 5.82 Å². The number of aromatic nitrogens is 1. The van der Waals surface area contributed by atoms with Gasteiger partial charge in [-0.15, -0.1) is 0 Å². The highest BCUT2D eigenvalue weighted by Crippen LogP contribution is 2.22. The van der Waals surface area contributed by atoms with Gasteiger partial charge in [0.25, 0.3) is 0 Å². The molecule has 0 radical (unpaired) electrons. The van der Waals surface area contributed by atoms with Gasteiger partial charge in [0, 0.05) is 32.6 Å². The van der Waals surface area contributed by atoms with Crippen molar-refractivity contribution in [3.8, 4) is 0 Å². The summed E-state index contributed by atoms with van der Waals surface area (Å²) in [5.41, 5.74) is 1.24. The minimum Gasteiger partial charge on any atom is -0.343 e. The molecule has 2 aromatic carbocycles. The Morgan fingerprint density at radius 3 is 2.50 bits per heavy atom. The number of benzene rings is 2. The molecule has 1 saturated heterocycles. The molecule has 0 aliphatic carbocycles. The van der Waals surface area contributed by atoms with Gasteiger partial charge in [-0.25, -0.2) is 17.5 Å². The third kappa shape index (κ3) is 5.08. The van der Waals surface area contributed by atoms with Crippen molar-refractivity contribution in [1.82, 2.24) is 14.2 Å². The van der Waals surface area contributed by atoms with Crippen molar-refractivity contribution in [2.75, 3.05) is 13.1 Å². The van der Waals surface area contributed by atoms with Crippen LogP contribution in [0.4, 0.5) is 4.39 Å². The maximum absolute atomic E-state index is 13.0. The lowest BCUT2D eigenvalue weighted by Gasteiger charge is -2.26. The lowest BCUT2D eigenvalue weighted by molar-refractivity contribution is -0.132. The number of likely N-dealkylation sites (tertiary alicyclic amines) is 1. The van der Waals surface area contributed by atoms with Crippen LogP contribution in [0.25, 0.3) is 10.2 Å². The van der Waals surface area contributed by atoms with E-state index in [1.807, 2.05) is 4.90 Å². The molecule has 1 N–H and O–H groups in total. The van der Waals surface area contributed by atoms with Crippen LogP contribution in [0.15, 0.2) is 52.2 Å². The standard InChI is InChI=1S/C22H24FN3O4S2/c23-17-6-4-16(5-7-17)15-24-32(29,30)18-8-9-19-20(14-18)31-22(28)26(19)13-10-21(27)25-11-2-1-3-12-25/h4-9,14,24H,1-3,10-13,15H2. The van der Waals surface area contributed by atoms with Gasteiger partial charge in [-0.3, -0.25) is 14.2 Å². The van der Waals surface area contributed by atoms with E-state index < -0.39 is 10.0 Å². The molecule has 3 aromatic rings. The van der Waals surface area contributed by atoms with Crippen molar-refractivity contribution >= 4 is 37.5 Å². The molecule has 1 fully saturated rings. The van der Waals surface area contributed by atoms with Crippen LogP contribution < -0.4 is 9.60 Å². The van der Waals surface area contributed by atoms with E-state index in [0.717, 1.165) is 43.7 Å². The topological polar surface area (TPSA) is 88.5 Å². The first kappa shape index (κ1) is 22.6. The zero-order valence-electron chi connectivity index (χ0n) is 17.4.